The maximum Gasteiger partial charge on any atom is 0.291 e. The normalized spacial score (nSPS) is 15.5. The molecule has 3 heterocycles. The zero-order valence-electron chi connectivity index (χ0n) is 16.4. The maximum absolute atomic E-state index is 13.5. The Labute approximate surface area is 175 Å². The van der Waals surface area contributed by atoms with E-state index in [2.05, 4.69) is 0 Å². The average molecular weight is 416 g/mol. The predicted octanol–water partition coefficient (Wildman–Crippen LogP) is 4.35. The molecule has 5 rings (SSSR count). The number of hydrogen-bond donors (Lipinski definition) is 0. The van der Waals surface area contributed by atoms with Crippen molar-refractivity contribution >= 4 is 22.6 Å². The lowest BCUT2D eigenvalue weighted by Crippen LogP contribution is -2.29. The third-order valence-electron chi connectivity index (χ3n) is 5.42. The van der Waals surface area contributed by atoms with Gasteiger partial charge < -0.3 is 13.7 Å². The number of carbonyl (C=O) groups is 1. The van der Waals surface area contributed by atoms with Gasteiger partial charge in [0.05, 0.1) is 34.7 Å². The molecule has 2 aromatic carbocycles. The quantitative estimate of drug-likeness (QED) is 0.362. The van der Waals surface area contributed by atoms with Crippen molar-refractivity contribution in [2.75, 3.05) is 0 Å². The number of nitrogens with zero attached hydrogens (tertiary/aromatic N) is 2. The molecule has 0 bridgehead atoms. The topological polar surface area (TPSA) is 107 Å². The molecule has 0 radical (unpaired) electrons. The summed E-state index contributed by atoms with van der Waals surface area (Å²) in [7, 11) is 0. The number of nitro groups is 1. The van der Waals surface area contributed by atoms with Crippen LogP contribution in [-0.4, -0.2) is 15.7 Å². The van der Waals surface area contributed by atoms with Gasteiger partial charge in [-0.05, 0) is 36.8 Å². The molecule has 31 heavy (non-hydrogen) atoms. The third kappa shape index (κ3) is 3.00. The summed E-state index contributed by atoms with van der Waals surface area (Å²) in [6.45, 7) is 1.94. The summed E-state index contributed by atoms with van der Waals surface area (Å²) in [5, 5.41) is 11.7. The van der Waals surface area contributed by atoms with Crippen LogP contribution in [0, 0.1) is 17.0 Å². The van der Waals surface area contributed by atoms with Crippen LogP contribution in [0.4, 0.5) is 5.69 Å². The van der Waals surface area contributed by atoms with Gasteiger partial charge in [0.15, 0.2) is 5.43 Å². The van der Waals surface area contributed by atoms with Crippen LogP contribution in [0.5, 0.6) is 0 Å². The fraction of sp³-hybridized carbons (Fsp3) is 0.130. The first kappa shape index (κ1) is 18.8. The summed E-state index contributed by atoms with van der Waals surface area (Å²) < 4.78 is 11.3. The van der Waals surface area contributed by atoms with Gasteiger partial charge in [-0.15, -0.1) is 0 Å². The highest BCUT2D eigenvalue weighted by Crippen LogP contribution is 2.40. The molecule has 2 aromatic heterocycles. The fourth-order valence-corrected chi connectivity index (χ4v) is 4.02. The summed E-state index contributed by atoms with van der Waals surface area (Å²) in [5.41, 5.74) is 1.37. The highest BCUT2D eigenvalue weighted by molar-refractivity contribution is 5.99. The molecule has 0 spiro atoms. The van der Waals surface area contributed by atoms with Crippen LogP contribution in [0.2, 0.25) is 0 Å². The maximum atomic E-state index is 13.5. The minimum Gasteiger partial charge on any atom is -0.467 e. The van der Waals surface area contributed by atoms with E-state index >= 15 is 0 Å². The largest absolute Gasteiger partial charge is 0.467 e. The smallest absolute Gasteiger partial charge is 0.291 e. The minimum atomic E-state index is -0.839. The highest BCUT2D eigenvalue weighted by Gasteiger charge is 2.43. The van der Waals surface area contributed by atoms with E-state index in [0.717, 1.165) is 5.56 Å². The fourth-order valence-electron chi connectivity index (χ4n) is 4.02. The first-order chi connectivity index (χ1) is 14.9. The Morgan fingerprint density at radius 1 is 1.10 bits per heavy atom. The van der Waals surface area contributed by atoms with Crippen molar-refractivity contribution in [3.05, 3.63) is 109 Å². The van der Waals surface area contributed by atoms with Gasteiger partial charge in [-0.25, -0.2) is 0 Å². The molecule has 154 valence electrons. The number of nitro benzene ring substituents is 1. The molecule has 0 aliphatic carbocycles. The van der Waals surface area contributed by atoms with Gasteiger partial charge >= 0.3 is 0 Å². The second kappa shape index (κ2) is 6.94. The van der Waals surface area contributed by atoms with Crippen molar-refractivity contribution in [1.82, 2.24) is 4.90 Å². The van der Waals surface area contributed by atoms with Crippen molar-refractivity contribution in [3.63, 3.8) is 0 Å². The zero-order valence-corrected chi connectivity index (χ0v) is 16.4. The zero-order chi connectivity index (χ0) is 21.7. The van der Waals surface area contributed by atoms with Crippen LogP contribution < -0.4 is 5.43 Å². The molecular weight excluding hydrogens is 400 g/mol. The summed E-state index contributed by atoms with van der Waals surface area (Å²) >= 11 is 0. The van der Waals surface area contributed by atoms with Crippen LogP contribution in [0.1, 0.15) is 39.0 Å². The van der Waals surface area contributed by atoms with Crippen LogP contribution >= 0.6 is 0 Å². The molecular formula is C23H16N2O6. The van der Waals surface area contributed by atoms with Crippen LogP contribution in [0.25, 0.3) is 11.0 Å². The lowest BCUT2D eigenvalue weighted by Gasteiger charge is -2.24. The number of fused-ring (bicyclic) bond motifs is 2. The molecule has 1 amide bonds. The second-order valence-corrected chi connectivity index (χ2v) is 7.44. The van der Waals surface area contributed by atoms with E-state index < -0.39 is 16.9 Å². The summed E-state index contributed by atoms with van der Waals surface area (Å²) in [4.78, 5) is 39.0. The average Bonchev–Trinajstić information content (AvgIpc) is 3.36. The summed E-state index contributed by atoms with van der Waals surface area (Å²) in [6.07, 6.45) is 1.49. The van der Waals surface area contributed by atoms with Gasteiger partial charge in [-0.1, -0.05) is 23.8 Å². The Morgan fingerprint density at radius 3 is 2.68 bits per heavy atom. The molecule has 0 saturated carbocycles. The Morgan fingerprint density at radius 2 is 1.94 bits per heavy atom. The Kier molecular flexibility index (Phi) is 4.21. The van der Waals surface area contributed by atoms with E-state index in [1.165, 1.54) is 29.4 Å². The molecule has 1 aliphatic heterocycles. The standard InChI is InChI=1S/C23H16N2O6/c1-13-7-8-18-17(10-13)21(26)19-20(14-4-2-5-15(11-14)25(28)29)24(23(27)22(19)31-18)12-16-6-3-9-30-16/h2-11,20H,12H2,1H3/t20-/m0/s1. The number of benzene rings is 2. The molecule has 0 unspecified atom stereocenters. The van der Waals surface area contributed by atoms with Crippen molar-refractivity contribution in [2.24, 2.45) is 0 Å². The summed E-state index contributed by atoms with van der Waals surface area (Å²) in [6, 6.07) is 13.7. The Bertz CT molecular complexity index is 1400. The van der Waals surface area contributed by atoms with Gasteiger partial charge in [0.25, 0.3) is 11.6 Å². The third-order valence-corrected chi connectivity index (χ3v) is 5.42. The highest BCUT2D eigenvalue weighted by atomic mass is 16.6. The molecule has 1 atom stereocenters. The van der Waals surface area contributed by atoms with Gasteiger partial charge in [0.1, 0.15) is 11.3 Å². The SMILES string of the molecule is Cc1ccc2oc3c(c(=O)c2c1)[C@H](c1cccc([N+](=O)[O-])c1)N(Cc1ccco1)C3=O. The lowest BCUT2D eigenvalue weighted by atomic mass is 9.97. The van der Waals surface area contributed by atoms with E-state index in [1.807, 2.05) is 6.92 Å². The molecule has 8 heteroatoms. The van der Waals surface area contributed by atoms with E-state index in [0.29, 0.717) is 22.3 Å². The van der Waals surface area contributed by atoms with E-state index in [4.69, 9.17) is 8.83 Å². The van der Waals surface area contributed by atoms with Crippen molar-refractivity contribution in [3.8, 4) is 0 Å². The van der Waals surface area contributed by atoms with Gasteiger partial charge in [-0.2, -0.15) is 0 Å². The first-order valence-electron chi connectivity index (χ1n) is 9.59. The van der Waals surface area contributed by atoms with Crippen molar-refractivity contribution < 1.29 is 18.6 Å². The minimum absolute atomic E-state index is 0.0515. The Hall–Kier alpha value is -4.20. The number of non-ortho nitro benzene ring substituents is 1. The van der Waals surface area contributed by atoms with Crippen LogP contribution in [0.15, 0.2) is 74.5 Å². The number of furan rings is 1. The second-order valence-electron chi connectivity index (χ2n) is 7.44. The first-order valence-corrected chi connectivity index (χ1v) is 9.59. The van der Waals surface area contributed by atoms with Gasteiger partial charge in [-0.3, -0.25) is 19.7 Å². The molecule has 4 aromatic rings. The molecule has 1 aliphatic rings. The number of carbonyl (C=O) groups excluding carboxylic acids is 1. The molecule has 0 fully saturated rings. The lowest BCUT2D eigenvalue weighted by molar-refractivity contribution is -0.384. The van der Waals surface area contributed by atoms with E-state index in [9.17, 15) is 19.7 Å². The molecule has 0 saturated heterocycles. The summed E-state index contributed by atoms with van der Waals surface area (Å²) in [5.74, 6) is -0.00340. The van der Waals surface area contributed by atoms with Gasteiger partial charge in [0, 0.05) is 12.1 Å². The van der Waals surface area contributed by atoms with Crippen LogP contribution in [0.3, 0.4) is 0 Å². The number of aryl methyl sites for hydroxylation is 1. The number of amides is 1. The molecule has 0 N–H and O–H groups in total. The van der Waals surface area contributed by atoms with Crippen molar-refractivity contribution in [2.45, 2.75) is 19.5 Å². The number of hydrogen-bond acceptors (Lipinski definition) is 6. The van der Waals surface area contributed by atoms with Crippen molar-refractivity contribution in [1.29, 1.82) is 0 Å². The van der Waals surface area contributed by atoms with Gasteiger partial charge in [0.2, 0.25) is 5.76 Å². The van der Waals surface area contributed by atoms with Crippen LogP contribution in [-0.2, 0) is 6.54 Å². The Balaban J connectivity index is 1.76. The monoisotopic (exact) mass is 416 g/mol. The molecule has 8 nitrogen and oxygen atoms in total. The van der Waals surface area contributed by atoms with E-state index in [1.54, 1.807) is 36.4 Å². The predicted molar refractivity (Wildman–Crippen MR) is 111 cm³/mol. The van der Waals surface area contributed by atoms with E-state index in [-0.39, 0.29) is 29.0 Å². The number of rotatable bonds is 4.